The Morgan fingerprint density at radius 3 is 2.35 bits per heavy atom. The molecule has 0 spiro atoms. The van der Waals surface area contributed by atoms with Crippen molar-refractivity contribution in [1.29, 1.82) is 0 Å². The molecule has 0 N–H and O–H groups in total. The normalized spacial score (nSPS) is 11.9. The molecule has 0 aromatic heterocycles. The summed E-state index contributed by atoms with van der Waals surface area (Å²) >= 11 is 18.7. The third-order valence-electron chi connectivity index (χ3n) is 2.36. The first kappa shape index (κ1) is 15.5. The van der Waals surface area contributed by atoms with Crippen LogP contribution in [0.5, 0.6) is 0 Å². The number of halogens is 3. The summed E-state index contributed by atoms with van der Waals surface area (Å²) in [6.45, 7) is 0. The van der Waals surface area contributed by atoms with Gasteiger partial charge >= 0.3 is 5.30 Å². The molecule has 20 heavy (non-hydrogen) atoms. The van der Waals surface area contributed by atoms with E-state index in [1.54, 1.807) is 48.5 Å². The predicted molar refractivity (Wildman–Crippen MR) is 83.8 cm³/mol. The molecule has 0 radical (unpaired) electrons. The second-order valence-corrected chi connectivity index (χ2v) is 6.01. The van der Waals surface area contributed by atoms with Crippen molar-refractivity contribution in [2.24, 2.45) is 0 Å². The maximum atomic E-state index is 11.8. The second kappa shape index (κ2) is 7.23. The summed E-state index contributed by atoms with van der Waals surface area (Å²) in [4.78, 5) is 12.5. The monoisotopic (exact) mass is 346 g/mol. The lowest BCUT2D eigenvalue weighted by atomic mass is 10.2. The highest BCUT2D eigenvalue weighted by atomic mass is 35.5. The van der Waals surface area contributed by atoms with Gasteiger partial charge in [-0.3, -0.25) is 0 Å². The summed E-state index contributed by atoms with van der Waals surface area (Å²) in [5.41, 5.74) is -0.364. The van der Waals surface area contributed by atoms with Gasteiger partial charge in [-0.2, -0.15) is 0 Å². The molecule has 104 valence electrons. The summed E-state index contributed by atoms with van der Waals surface area (Å²) in [6, 6.07) is 13.8. The summed E-state index contributed by atoms with van der Waals surface area (Å²) in [5, 5.41) is 0.554. The van der Waals surface area contributed by atoms with Crippen molar-refractivity contribution < 1.29 is 9.53 Å². The summed E-state index contributed by atoms with van der Waals surface area (Å²) in [5.74, 6) is 0. The van der Waals surface area contributed by atoms with E-state index in [9.17, 15) is 4.79 Å². The van der Waals surface area contributed by atoms with Crippen molar-refractivity contribution in [2.45, 2.75) is 10.5 Å². The highest BCUT2D eigenvalue weighted by Gasteiger charge is 2.17. The van der Waals surface area contributed by atoms with Crippen LogP contribution < -0.4 is 0 Å². The van der Waals surface area contributed by atoms with Crippen LogP contribution in [0.1, 0.15) is 11.1 Å². The molecule has 0 saturated carbocycles. The van der Waals surface area contributed by atoms with Gasteiger partial charge in [-0.15, -0.1) is 0 Å². The van der Waals surface area contributed by atoms with Gasteiger partial charge in [0.05, 0.1) is 0 Å². The Hall–Kier alpha value is -0.870. The zero-order chi connectivity index (χ0) is 14.5. The third-order valence-corrected chi connectivity index (χ3v) is 4.06. The van der Waals surface area contributed by atoms with Crippen LogP contribution in [-0.4, -0.2) is 5.30 Å². The van der Waals surface area contributed by atoms with E-state index in [2.05, 4.69) is 0 Å². The van der Waals surface area contributed by atoms with Crippen molar-refractivity contribution in [3.05, 3.63) is 64.1 Å². The highest BCUT2D eigenvalue weighted by Crippen LogP contribution is 2.31. The quantitative estimate of drug-likeness (QED) is 0.378. The highest BCUT2D eigenvalue weighted by molar-refractivity contribution is 8.13. The molecular formula is C14H9Cl3O2S. The lowest BCUT2D eigenvalue weighted by molar-refractivity contribution is 0.162. The molecule has 2 aromatic rings. The summed E-state index contributed by atoms with van der Waals surface area (Å²) in [6.07, 6.45) is 0. The largest absolute Gasteiger partial charge is 0.433 e. The van der Waals surface area contributed by atoms with Gasteiger partial charge in [0.2, 0.25) is 5.56 Å². The van der Waals surface area contributed by atoms with E-state index in [0.717, 1.165) is 16.7 Å². The Kier molecular flexibility index (Phi) is 5.61. The molecule has 0 saturated heterocycles. The van der Waals surface area contributed by atoms with Crippen LogP contribution in [0.2, 0.25) is 10.0 Å². The van der Waals surface area contributed by atoms with Gasteiger partial charge in [-0.25, -0.2) is 4.79 Å². The van der Waals surface area contributed by atoms with E-state index in [1.807, 2.05) is 0 Å². The number of thioether (sulfide) groups is 1. The topological polar surface area (TPSA) is 26.3 Å². The SMILES string of the molecule is O=C(O[C@@H](Cl)c1ccccc1Cl)Sc1ccc(Cl)cc1. The predicted octanol–water partition coefficient (Wildman–Crippen LogP) is 6.16. The van der Waals surface area contributed by atoms with E-state index in [1.165, 1.54) is 0 Å². The maximum Gasteiger partial charge on any atom is 0.373 e. The minimum atomic E-state index is -0.920. The zero-order valence-corrected chi connectivity index (χ0v) is 13.1. The minimum absolute atomic E-state index is 0.455. The van der Waals surface area contributed by atoms with E-state index < -0.39 is 10.9 Å². The first-order valence-corrected chi connectivity index (χ1v) is 7.59. The van der Waals surface area contributed by atoms with Crippen LogP contribution in [-0.2, 0) is 4.74 Å². The molecule has 1 atom stereocenters. The van der Waals surface area contributed by atoms with Crippen molar-refractivity contribution in [3.8, 4) is 0 Å². The van der Waals surface area contributed by atoms with Gasteiger partial charge in [-0.1, -0.05) is 53.0 Å². The molecule has 0 fully saturated rings. The lowest BCUT2D eigenvalue weighted by Crippen LogP contribution is -2.02. The van der Waals surface area contributed by atoms with E-state index >= 15 is 0 Å². The maximum absolute atomic E-state index is 11.8. The molecular weight excluding hydrogens is 339 g/mol. The number of hydrogen-bond donors (Lipinski definition) is 0. The van der Waals surface area contributed by atoms with E-state index in [4.69, 9.17) is 39.5 Å². The molecule has 0 unspecified atom stereocenters. The van der Waals surface area contributed by atoms with Gasteiger partial charge in [0.1, 0.15) is 0 Å². The van der Waals surface area contributed by atoms with Gasteiger partial charge in [0.25, 0.3) is 0 Å². The number of rotatable bonds is 3. The molecule has 0 aliphatic heterocycles. The Morgan fingerprint density at radius 2 is 1.70 bits per heavy atom. The minimum Gasteiger partial charge on any atom is -0.433 e. The van der Waals surface area contributed by atoms with Crippen molar-refractivity contribution in [2.75, 3.05) is 0 Å². The number of hydrogen-bond acceptors (Lipinski definition) is 3. The Morgan fingerprint density at radius 1 is 1.05 bits per heavy atom. The Bertz CT molecular complexity index is 602. The van der Waals surface area contributed by atoms with Crippen molar-refractivity contribution in [3.63, 3.8) is 0 Å². The first-order valence-electron chi connectivity index (χ1n) is 5.59. The van der Waals surface area contributed by atoms with Crippen LogP contribution in [0.4, 0.5) is 4.79 Å². The van der Waals surface area contributed by atoms with Crippen molar-refractivity contribution >= 4 is 51.9 Å². The fraction of sp³-hybridized carbons (Fsp3) is 0.0714. The first-order chi connectivity index (χ1) is 9.56. The standard InChI is InChI=1S/C14H9Cl3O2S/c15-9-5-7-10(8-6-9)20-14(18)19-13(17)11-3-1-2-4-12(11)16/h1-8,13H/t13-/m1/s1. The molecule has 6 heteroatoms. The number of benzene rings is 2. The zero-order valence-electron chi connectivity index (χ0n) is 10.1. The number of alkyl halides is 1. The van der Waals surface area contributed by atoms with E-state index in [-0.39, 0.29) is 0 Å². The van der Waals surface area contributed by atoms with Crippen molar-refractivity contribution in [1.82, 2.24) is 0 Å². The van der Waals surface area contributed by atoms with Crippen LogP contribution in [0.3, 0.4) is 0 Å². The summed E-state index contributed by atoms with van der Waals surface area (Å²) in [7, 11) is 0. The summed E-state index contributed by atoms with van der Waals surface area (Å²) < 4.78 is 5.12. The third kappa shape index (κ3) is 4.32. The molecule has 0 aliphatic rings. The van der Waals surface area contributed by atoms with Crippen LogP contribution in [0.15, 0.2) is 53.4 Å². The lowest BCUT2D eigenvalue weighted by Gasteiger charge is -2.12. The fourth-order valence-corrected chi connectivity index (χ4v) is 2.78. The van der Waals surface area contributed by atoms with Gasteiger partial charge < -0.3 is 4.74 Å². The fourth-order valence-electron chi connectivity index (χ4n) is 1.43. The molecule has 2 nitrogen and oxygen atoms in total. The smallest absolute Gasteiger partial charge is 0.373 e. The van der Waals surface area contributed by atoms with Crippen LogP contribution in [0, 0.1) is 0 Å². The van der Waals surface area contributed by atoms with Gasteiger partial charge in [0.15, 0.2) is 0 Å². The molecule has 2 aromatic carbocycles. The molecule has 0 aliphatic carbocycles. The van der Waals surface area contributed by atoms with Crippen LogP contribution in [0.25, 0.3) is 0 Å². The molecule has 0 heterocycles. The average molecular weight is 348 g/mol. The molecule has 0 bridgehead atoms. The Labute approximate surface area is 136 Å². The molecule has 0 amide bonds. The van der Waals surface area contributed by atoms with Gasteiger partial charge in [0, 0.05) is 20.5 Å². The number of carbonyl (C=O) groups is 1. The van der Waals surface area contributed by atoms with E-state index in [0.29, 0.717) is 15.6 Å². The number of carbonyl (C=O) groups excluding carboxylic acids is 1. The van der Waals surface area contributed by atoms with Gasteiger partial charge in [-0.05, 0) is 42.1 Å². The number of ether oxygens (including phenoxy) is 1. The van der Waals surface area contributed by atoms with Crippen LogP contribution >= 0.6 is 46.6 Å². The second-order valence-electron chi connectivity index (χ2n) is 3.76. The molecule has 2 rings (SSSR count). The Balaban J connectivity index is 1.98. The average Bonchev–Trinajstić information content (AvgIpc) is 2.41.